The normalized spacial score (nSPS) is 9.64. The molecule has 0 radical (unpaired) electrons. The van der Waals surface area contributed by atoms with Crippen molar-refractivity contribution in [1.29, 1.82) is 0 Å². The van der Waals surface area contributed by atoms with E-state index in [-0.39, 0.29) is 0 Å². The maximum absolute atomic E-state index is 5.46. The first-order valence-electron chi connectivity index (χ1n) is 3.10. The van der Waals surface area contributed by atoms with E-state index in [1.807, 2.05) is 0 Å². The van der Waals surface area contributed by atoms with Gasteiger partial charge in [-0.1, -0.05) is 0 Å². The number of alkyl halides is 1. The molecule has 60 valence electrons. The number of rotatable bonds is 3. The molecule has 0 spiro atoms. The molecule has 3 nitrogen and oxygen atoms in total. The van der Waals surface area contributed by atoms with Crippen LogP contribution in [0.4, 0.5) is 5.95 Å². The van der Waals surface area contributed by atoms with Gasteiger partial charge in [0.15, 0.2) is 0 Å². The first-order chi connectivity index (χ1) is 5.33. The molecule has 0 amide bonds. The zero-order valence-corrected chi connectivity index (χ0v) is 8.06. The molecule has 1 aromatic rings. The zero-order valence-electron chi connectivity index (χ0n) is 5.72. The molecule has 0 unspecified atom stereocenters. The van der Waals surface area contributed by atoms with E-state index < -0.39 is 0 Å². The van der Waals surface area contributed by atoms with Crippen LogP contribution in [0.15, 0.2) is 16.9 Å². The maximum atomic E-state index is 5.46. The van der Waals surface area contributed by atoms with Crippen LogP contribution in [0.5, 0.6) is 0 Å². The molecule has 0 saturated carbocycles. The van der Waals surface area contributed by atoms with Gasteiger partial charge in [-0.15, -0.1) is 11.6 Å². The van der Waals surface area contributed by atoms with Crippen molar-refractivity contribution in [3.05, 3.63) is 16.9 Å². The Morgan fingerprint density at radius 1 is 1.45 bits per heavy atom. The fraction of sp³-hybridized carbons (Fsp3) is 0.333. The number of nitrogens with one attached hydrogen (secondary N) is 1. The summed E-state index contributed by atoms with van der Waals surface area (Å²) >= 11 is 8.69. The van der Waals surface area contributed by atoms with Crippen molar-refractivity contribution < 1.29 is 0 Å². The van der Waals surface area contributed by atoms with Crippen LogP contribution in [0.2, 0.25) is 0 Å². The third-order valence-electron chi connectivity index (χ3n) is 0.998. The van der Waals surface area contributed by atoms with E-state index in [9.17, 15) is 0 Å². The predicted octanol–water partition coefficient (Wildman–Crippen LogP) is 1.89. The Kier molecular flexibility index (Phi) is 3.59. The molecule has 0 fully saturated rings. The Morgan fingerprint density at radius 3 is 2.64 bits per heavy atom. The van der Waals surface area contributed by atoms with Gasteiger partial charge in [-0.25, -0.2) is 9.97 Å². The molecule has 11 heavy (non-hydrogen) atoms. The second-order valence-electron chi connectivity index (χ2n) is 1.84. The van der Waals surface area contributed by atoms with Crippen molar-refractivity contribution in [2.75, 3.05) is 17.7 Å². The van der Waals surface area contributed by atoms with E-state index in [4.69, 9.17) is 11.6 Å². The van der Waals surface area contributed by atoms with Gasteiger partial charge >= 0.3 is 0 Å². The van der Waals surface area contributed by atoms with Crippen LogP contribution in [0.3, 0.4) is 0 Å². The molecule has 0 saturated heterocycles. The molecule has 5 heteroatoms. The molecular weight excluding hydrogens is 229 g/mol. The van der Waals surface area contributed by atoms with E-state index in [0.717, 1.165) is 4.47 Å². The lowest BCUT2D eigenvalue weighted by atomic mass is 10.6. The van der Waals surface area contributed by atoms with Crippen molar-refractivity contribution in [1.82, 2.24) is 9.97 Å². The SMILES string of the molecule is ClCCNc1ncc(Br)cn1. The molecule has 1 aromatic heterocycles. The van der Waals surface area contributed by atoms with Gasteiger partial charge in [0.1, 0.15) is 0 Å². The molecule has 0 aliphatic heterocycles. The van der Waals surface area contributed by atoms with Crippen LogP contribution in [-0.4, -0.2) is 22.4 Å². The molecule has 0 aliphatic carbocycles. The Labute approximate surface area is 78.3 Å². The number of anilines is 1. The van der Waals surface area contributed by atoms with Gasteiger partial charge in [0, 0.05) is 24.8 Å². The fourth-order valence-corrected chi connectivity index (χ4v) is 0.862. The van der Waals surface area contributed by atoms with Gasteiger partial charge in [-0.05, 0) is 15.9 Å². The van der Waals surface area contributed by atoms with E-state index in [0.29, 0.717) is 18.4 Å². The number of hydrogen-bond acceptors (Lipinski definition) is 3. The minimum Gasteiger partial charge on any atom is -0.353 e. The molecule has 0 atom stereocenters. The van der Waals surface area contributed by atoms with Crippen LogP contribution in [-0.2, 0) is 0 Å². The summed E-state index contributed by atoms with van der Waals surface area (Å²) in [5, 5.41) is 2.95. The third kappa shape index (κ3) is 3.03. The second kappa shape index (κ2) is 4.51. The number of nitrogens with zero attached hydrogens (tertiary/aromatic N) is 2. The third-order valence-corrected chi connectivity index (χ3v) is 1.60. The summed E-state index contributed by atoms with van der Waals surface area (Å²) in [6.07, 6.45) is 3.37. The highest BCUT2D eigenvalue weighted by Gasteiger charge is 1.92. The summed E-state index contributed by atoms with van der Waals surface area (Å²) in [6.45, 7) is 0.684. The fourth-order valence-electron chi connectivity index (χ4n) is 0.563. The highest BCUT2D eigenvalue weighted by atomic mass is 79.9. The van der Waals surface area contributed by atoms with E-state index in [1.54, 1.807) is 12.4 Å². The van der Waals surface area contributed by atoms with Gasteiger partial charge in [0.05, 0.1) is 4.47 Å². The van der Waals surface area contributed by atoms with Crippen molar-refractivity contribution in [2.45, 2.75) is 0 Å². The highest BCUT2D eigenvalue weighted by Crippen LogP contribution is 2.06. The van der Waals surface area contributed by atoms with Crippen LogP contribution < -0.4 is 5.32 Å². The average molecular weight is 236 g/mol. The van der Waals surface area contributed by atoms with Crippen LogP contribution in [0, 0.1) is 0 Å². The van der Waals surface area contributed by atoms with Crippen molar-refractivity contribution in [3.63, 3.8) is 0 Å². The molecule has 0 aliphatic rings. The Balaban J connectivity index is 2.52. The quantitative estimate of drug-likeness (QED) is 0.815. The Morgan fingerprint density at radius 2 is 2.09 bits per heavy atom. The largest absolute Gasteiger partial charge is 0.353 e. The number of hydrogen-bond donors (Lipinski definition) is 1. The van der Waals surface area contributed by atoms with Gasteiger partial charge in [-0.3, -0.25) is 0 Å². The molecule has 0 bridgehead atoms. The number of halogens is 2. The molecule has 1 N–H and O–H groups in total. The van der Waals surface area contributed by atoms with Gasteiger partial charge in [0.25, 0.3) is 0 Å². The van der Waals surface area contributed by atoms with E-state index in [2.05, 4.69) is 31.2 Å². The van der Waals surface area contributed by atoms with Crippen molar-refractivity contribution in [3.8, 4) is 0 Å². The van der Waals surface area contributed by atoms with Gasteiger partial charge in [-0.2, -0.15) is 0 Å². The smallest absolute Gasteiger partial charge is 0.222 e. The lowest BCUT2D eigenvalue weighted by Gasteiger charge is -1.99. The monoisotopic (exact) mass is 235 g/mol. The summed E-state index contributed by atoms with van der Waals surface area (Å²) < 4.78 is 0.869. The lowest BCUT2D eigenvalue weighted by molar-refractivity contribution is 1.08. The van der Waals surface area contributed by atoms with E-state index in [1.165, 1.54) is 0 Å². The van der Waals surface area contributed by atoms with Crippen LogP contribution >= 0.6 is 27.5 Å². The standard InChI is InChI=1S/C6H7BrClN3/c7-5-3-10-6(11-4-5)9-2-1-8/h3-4H,1-2H2,(H,9,10,11). The van der Waals surface area contributed by atoms with Crippen molar-refractivity contribution in [2.24, 2.45) is 0 Å². The Hall–Kier alpha value is -0.350. The topological polar surface area (TPSA) is 37.8 Å². The van der Waals surface area contributed by atoms with Gasteiger partial charge < -0.3 is 5.32 Å². The minimum absolute atomic E-state index is 0.555. The van der Waals surface area contributed by atoms with Crippen molar-refractivity contribution >= 4 is 33.5 Å². The first-order valence-corrected chi connectivity index (χ1v) is 4.43. The van der Waals surface area contributed by atoms with Gasteiger partial charge in [0.2, 0.25) is 5.95 Å². The van der Waals surface area contributed by atoms with Crippen LogP contribution in [0.25, 0.3) is 0 Å². The van der Waals surface area contributed by atoms with E-state index >= 15 is 0 Å². The average Bonchev–Trinajstić information content (AvgIpc) is 2.04. The molecule has 1 rings (SSSR count). The summed E-state index contributed by atoms with van der Waals surface area (Å²) in [6, 6.07) is 0. The maximum Gasteiger partial charge on any atom is 0.222 e. The zero-order chi connectivity index (χ0) is 8.10. The summed E-state index contributed by atoms with van der Waals surface area (Å²) in [7, 11) is 0. The Bertz CT molecular complexity index is 214. The predicted molar refractivity (Wildman–Crippen MR) is 48.9 cm³/mol. The first kappa shape index (κ1) is 8.74. The second-order valence-corrected chi connectivity index (χ2v) is 3.13. The molecular formula is C6H7BrClN3. The summed E-state index contributed by atoms with van der Waals surface area (Å²) in [4.78, 5) is 7.98. The summed E-state index contributed by atoms with van der Waals surface area (Å²) in [5.74, 6) is 1.16. The highest BCUT2D eigenvalue weighted by molar-refractivity contribution is 9.10. The lowest BCUT2D eigenvalue weighted by Crippen LogP contribution is -2.05. The summed E-state index contributed by atoms with van der Waals surface area (Å²) in [5.41, 5.74) is 0. The minimum atomic E-state index is 0.555. The molecule has 1 heterocycles. The van der Waals surface area contributed by atoms with Crippen LogP contribution in [0.1, 0.15) is 0 Å². The number of aromatic nitrogens is 2. The molecule has 0 aromatic carbocycles.